The van der Waals surface area contributed by atoms with E-state index in [2.05, 4.69) is 4.98 Å². The van der Waals surface area contributed by atoms with Gasteiger partial charge >= 0.3 is 0 Å². The Bertz CT molecular complexity index is 863. The molecule has 134 valence electrons. The van der Waals surface area contributed by atoms with Crippen LogP contribution >= 0.6 is 11.6 Å². The molecule has 0 bridgehead atoms. The number of β-amino-alcohol motifs (C(OH)–C–C–N with tert-alkyl or cyclic N) is 1. The molecule has 0 saturated carbocycles. The third-order valence-electron chi connectivity index (χ3n) is 4.12. The molecule has 0 radical (unpaired) electrons. The summed E-state index contributed by atoms with van der Waals surface area (Å²) in [5.41, 5.74) is 0.909. The van der Waals surface area contributed by atoms with Gasteiger partial charge < -0.3 is 15.1 Å². The van der Waals surface area contributed by atoms with Gasteiger partial charge in [-0.2, -0.15) is 0 Å². The molecule has 6 nitrogen and oxygen atoms in total. The Hall–Kier alpha value is -2.70. The summed E-state index contributed by atoms with van der Waals surface area (Å²) >= 11 is 5.87. The highest BCUT2D eigenvalue weighted by Gasteiger charge is 2.46. The van der Waals surface area contributed by atoms with Crippen LogP contribution in [-0.4, -0.2) is 44.4 Å². The molecular formula is C19H17ClN2O4. The fourth-order valence-electron chi connectivity index (χ4n) is 3.00. The van der Waals surface area contributed by atoms with E-state index < -0.39 is 23.8 Å². The Balaban J connectivity index is 2.17. The van der Waals surface area contributed by atoms with Crippen molar-refractivity contribution in [2.24, 2.45) is 0 Å². The van der Waals surface area contributed by atoms with Crippen LogP contribution in [0.5, 0.6) is 0 Å². The summed E-state index contributed by atoms with van der Waals surface area (Å²) in [4.78, 5) is 30.4. The maximum Gasteiger partial charge on any atom is 0.295 e. The van der Waals surface area contributed by atoms with E-state index in [9.17, 15) is 19.8 Å². The Morgan fingerprint density at radius 1 is 1.27 bits per heavy atom. The first kappa shape index (κ1) is 18.1. The smallest absolute Gasteiger partial charge is 0.295 e. The first-order valence-electron chi connectivity index (χ1n) is 8.02. The molecule has 1 aliphatic rings. The Morgan fingerprint density at radius 3 is 2.54 bits per heavy atom. The van der Waals surface area contributed by atoms with Gasteiger partial charge in [-0.15, -0.1) is 0 Å². The Kier molecular flexibility index (Phi) is 5.06. The SMILES string of the molecule is CC(O)CN1C(=O)C(=O)C(=C(O)c2ccc(Cl)cc2)C1c1cccnc1. The minimum Gasteiger partial charge on any atom is -0.507 e. The maximum atomic E-state index is 12.6. The van der Waals surface area contributed by atoms with E-state index in [0.29, 0.717) is 16.1 Å². The van der Waals surface area contributed by atoms with Crippen LogP contribution in [-0.2, 0) is 9.59 Å². The van der Waals surface area contributed by atoms with Crippen molar-refractivity contribution in [2.75, 3.05) is 6.54 Å². The van der Waals surface area contributed by atoms with Crippen LogP contribution in [0.25, 0.3) is 5.76 Å². The summed E-state index contributed by atoms with van der Waals surface area (Å²) < 4.78 is 0. The molecule has 1 aromatic carbocycles. The summed E-state index contributed by atoms with van der Waals surface area (Å²) in [6.07, 6.45) is 2.27. The van der Waals surface area contributed by atoms with Gasteiger partial charge in [0.05, 0.1) is 17.7 Å². The summed E-state index contributed by atoms with van der Waals surface area (Å²) in [6, 6.07) is 8.88. The number of halogens is 1. The van der Waals surface area contributed by atoms with E-state index in [4.69, 9.17) is 11.6 Å². The average molecular weight is 373 g/mol. The van der Waals surface area contributed by atoms with E-state index in [0.717, 1.165) is 0 Å². The molecule has 1 saturated heterocycles. The molecule has 0 aliphatic carbocycles. The molecule has 2 unspecified atom stereocenters. The zero-order valence-electron chi connectivity index (χ0n) is 14.0. The summed E-state index contributed by atoms with van der Waals surface area (Å²) in [5, 5.41) is 21.0. The molecule has 1 aliphatic heterocycles. The molecule has 1 fully saturated rings. The van der Waals surface area contributed by atoms with E-state index in [1.807, 2.05) is 0 Å². The fourth-order valence-corrected chi connectivity index (χ4v) is 3.13. The molecule has 26 heavy (non-hydrogen) atoms. The normalized spacial score (nSPS) is 20.4. The first-order chi connectivity index (χ1) is 12.4. The minimum absolute atomic E-state index is 0.0361. The topological polar surface area (TPSA) is 90.7 Å². The van der Waals surface area contributed by atoms with Crippen LogP contribution in [0.4, 0.5) is 0 Å². The lowest BCUT2D eigenvalue weighted by atomic mass is 9.96. The summed E-state index contributed by atoms with van der Waals surface area (Å²) in [6.45, 7) is 1.49. The van der Waals surface area contributed by atoms with Crippen LogP contribution in [0.2, 0.25) is 5.02 Å². The van der Waals surface area contributed by atoms with Gasteiger partial charge in [-0.05, 0) is 42.8 Å². The minimum atomic E-state index is -0.831. The molecule has 2 aromatic rings. The van der Waals surface area contributed by atoms with E-state index in [-0.39, 0.29) is 17.9 Å². The zero-order chi connectivity index (χ0) is 18.8. The van der Waals surface area contributed by atoms with Gasteiger partial charge in [0.2, 0.25) is 0 Å². The molecule has 1 aromatic heterocycles. The summed E-state index contributed by atoms with van der Waals surface area (Å²) in [5.74, 6) is -1.86. The third-order valence-corrected chi connectivity index (χ3v) is 4.37. The number of amides is 1. The van der Waals surface area contributed by atoms with Gasteiger partial charge in [0, 0.05) is 29.5 Å². The summed E-state index contributed by atoms with van der Waals surface area (Å²) in [7, 11) is 0. The molecule has 0 spiro atoms. The van der Waals surface area contributed by atoms with Crippen molar-refractivity contribution in [1.82, 2.24) is 9.88 Å². The molecule has 2 atom stereocenters. The number of pyridine rings is 1. The molecule has 3 rings (SSSR count). The monoisotopic (exact) mass is 372 g/mol. The van der Waals surface area contributed by atoms with Crippen molar-refractivity contribution < 1.29 is 19.8 Å². The maximum absolute atomic E-state index is 12.6. The molecule has 7 heteroatoms. The number of carbonyl (C=O) groups is 2. The van der Waals surface area contributed by atoms with Crippen molar-refractivity contribution in [3.8, 4) is 0 Å². The van der Waals surface area contributed by atoms with Crippen molar-refractivity contribution in [2.45, 2.75) is 19.1 Å². The lowest BCUT2D eigenvalue weighted by Gasteiger charge is -2.26. The van der Waals surface area contributed by atoms with Crippen LogP contribution in [0.15, 0.2) is 54.4 Å². The number of rotatable bonds is 4. The van der Waals surface area contributed by atoms with Crippen molar-refractivity contribution in [3.63, 3.8) is 0 Å². The van der Waals surface area contributed by atoms with Gasteiger partial charge in [0.25, 0.3) is 11.7 Å². The number of hydrogen-bond donors (Lipinski definition) is 2. The van der Waals surface area contributed by atoms with Gasteiger partial charge in [0.1, 0.15) is 5.76 Å². The van der Waals surface area contributed by atoms with Gasteiger partial charge in [0.15, 0.2) is 0 Å². The number of carbonyl (C=O) groups excluding carboxylic acids is 2. The predicted molar refractivity (Wildman–Crippen MR) is 96.4 cm³/mol. The second-order valence-corrected chi connectivity index (χ2v) is 6.53. The second-order valence-electron chi connectivity index (χ2n) is 6.09. The Labute approximate surface area is 155 Å². The van der Waals surface area contributed by atoms with Crippen molar-refractivity contribution >= 4 is 29.1 Å². The number of aliphatic hydroxyl groups excluding tert-OH is 2. The predicted octanol–water partition coefficient (Wildman–Crippen LogP) is 2.54. The number of aliphatic hydroxyl groups is 2. The zero-order valence-corrected chi connectivity index (χ0v) is 14.7. The fraction of sp³-hybridized carbons (Fsp3) is 0.211. The molecule has 1 amide bonds. The van der Waals surface area contributed by atoms with Gasteiger partial charge in [-0.3, -0.25) is 14.6 Å². The molecular weight excluding hydrogens is 356 g/mol. The van der Waals surface area contributed by atoms with E-state index >= 15 is 0 Å². The molecule has 2 N–H and O–H groups in total. The van der Waals surface area contributed by atoms with Crippen LogP contribution < -0.4 is 0 Å². The van der Waals surface area contributed by atoms with Crippen molar-refractivity contribution in [1.29, 1.82) is 0 Å². The highest BCUT2D eigenvalue weighted by molar-refractivity contribution is 6.46. The largest absolute Gasteiger partial charge is 0.507 e. The highest BCUT2D eigenvalue weighted by atomic mass is 35.5. The van der Waals surface area contributed by atoms with E-state index in [1.165, 1.54) is 18.0 Å². The van der Waals surface area contributed by atoms with Crippen LogP contribution in [0, 0.1) is 0 Å². The second kappa shape index (κ2) is 7.27. The number of nitrogens with zero attached hydrogens (tertiary/aromatic N) is 2. The number of likely N-dealkylation sites (tertiary alicyclic amines) is 1. The standard InChI is InChI=1S/C19H17ClN2O4/c1-11(23)10-22-16(13-3-2-8-21-9-13)15(18(25)19(22)26)17(24)12-4-6-14(20)7-5-12/h2-9,11,16,23-24H,10H2,1H3. The quantitative estimate of drug-likeness (QED) is 0.489. The van der Waals surface area contributed by atoms with Crippen LogP contribution in [0.3, 0.4) is 0 Å². The van der Waals surface area contributed by atoms with E-state index in [1.54, 1.807) is 42.6 Å². The number of hydrogen-bond acceptors (Lipinski definition) is 5. The number of benzene rings is 1. The van der Waals surface area contributed by atoms with Crippen LogP contribution in [0.1, 0.15) is 24.1 Å². The average Bonchev–Trinajstić information content (AvgIpc) is 2.87. The van der Waals surface area contributed by atoms with Gasteiger partial charge in [-0.1, -0.05) is 17.7 Å². The molecule has 2 heterocycles. The number of Topliss-reactive ketones (excluding diaryl/α,β-unsaturated/α-hetero) is 1. The Morgan fingerprint density at radius 2 is 1.96 bits per heavy atom. The number of ketones is 1. The lowest BCUT2D eigenvalue weighted by molar-refractivity contribution is -0.140. The highest BCUT2D eigenvalue weighted by Crippen LogP contribution is 2.39. The third kappa shape index (κ3) is 3.34. The lowest BCUT2D eigenvalue weighted by Crippen LogP contribution is -2.35. The van der Waals surface area contributed by atoms with Gasteiger partial charge in [-0.25, -0.2) is 0 Å². The number of aromatic nitrogens is 1. The first-order valence-corrected chi connectivity index (χ1v) is 8.40. The van der Waals surface area contributed by atoms with Crippen molar-refractivity contribution in [3.05, 3.63) is 70.5 Å².